The van der Waals surface area contributed by atoms with Gasteiger partial charge in [0, 0.05) is 11.5 Å². The molecule has 0 aromatic carbocycles. The topological polar surface area (TPSA) is 118 Å². The number of primary sulfonamides is 1. The molecule has 0 bridgehead atoms. The van der Waals surface area contributed by atoms with Crippen LogP contribution in [0.2, 0.25) is 0 Å². The maximum absolute atomic E-state index is 12.4. The number of nitrogens with two attached hydrogens (primary N) is 1. The number of carbonyl (C=O) groups is 1. The average Bonchev–Trinajstić information content (AvgIpc) is 3.15. The number of aromatic amines is 1. The Kier molecular flexibility index (Phi) is 4.12. The molecule has 0 aliphatic heterocycles. The highest BCUT2D eigenvalue weighted by atomic mass is 32.2. The van der Waals surface area contributed by atoms with Crippen molar-refractivity contribution in [2.75, 3.05) is 0 Å². The van der Waals surface area contributed by atoms with Crippen LogP contribution in [0.5, 0.6) is 0 Å². The van der Waals surface area contributed by atoms with Gasteiger partial charge in [-0.25, -0.2) is 13.6 Å². The molecule has 118 valence electrons. The van der Waals surface area contributed by atoms with Crippen molar-refractivity contribution in [3.8, 4) is 0 Å². The van der Waals surface area contributed by atoms with Gasteiger partial charge in [-0.05, 0) is 32.6 Å². The van der Waals surface area contributed by atoms with Crippen molar-refractivity contribution in [1.29, 1.82) is 0 Å². The number of amides is 1. The molecular formula is C13H22N4O3S. The Morgan fingerprint density at radius 3 is 2.43 bits per heavy atom. The van der Waals surface area contributed by atoms with Crippen LogP contribution in [0, 0.1) is 0 Å². The minimum Gasteiger partial charge on any atom is -0.345 e. The van der Waals surface area contributed by atoms with E-state index in [1.54, 1.807) is 0 Å². The van der Waals surface area contributed by atoms with Crippen LogP contribution in [-0.4, -0.2) is 30.1 Å². The third-order valence-electron chi connectivity index (χ3n) is 4.21. The fourth-order valence-electron chi connectivity index (χ4n) is 2.20. The lowest BCUT2D eigenvalue weighted by atomic mass is 9.95. The number of nitrogens with zero attached hydrogens (tertiary/aromatic N) is 1. The fraction of sp³-hybridized carbons (Fsp3) is 0.692. The minimum absolute atomic E-state index is 0.108. The van der Waals surface area contributed by atoms with Crippen molar-refractivity contribution in [2.24, 2.45) is 5.14 Å². The van der Waals surface area contributed by atoms with Gasteiger partial charge in [-0.2, -0.15) is 5.10 Å². The zero-order valence-electron chi connectivity index (χ0n) is 12.6. The number of hydrogen-bond acceptors (Lipinski definition) is 4. The predicted octanol–water partition coefficient (Wildman–Crippen LogP) is 1.24. The number of sulfonamides is 1. The molecule has 0 atom stereocenters. The first kappa shape index (κ1) is 16.0. The quantitative estimate of drug-likeness (QED) is 0.732. The van der Waals surface area contributed by atoms with Crippen LogP contribution >= 0.6 is 0 Å². The Bertz CT molecular complexity index is 642. The predicted molar refractivity (Wildman–Crippen MR) is 78.4 cm³/mol. The molecule has 0 spiro atoms. The molecule has 1 aliphatic carbocycles. The molecule has 8 heteroatoms. The van der Waals surface area contributed by atoms with E-state index in [0.717, 1.165) is 25.7 Å². The van der Waals surface area contributed by atoms with Crippen molar-refractivity contribution >= 4 is 15.9 Å². The largest absolute Gasteiger partial charge is 0.345 e. The molecule has 1 heterocycles. The molecule has 1 aromatic rings. The molecule has 2 rings (SSSR count). The van der Waals surface area contributed by atoms with E-state index in [1.807, 2.05) is 20.8 Å². The Hall–Kier alpha value is -1.41. The maximum atomic E-state index is 12.4. The van der Waals surface area contributed by atoms with Crippen LogP contribution in [0.25, 0.3) is 0 Å². The number of carbonyl (C=O) groups excluding carboxylic acids is 1. The SMILES string of the molecule is CCC(C)(CC)NC(=O)c1n[nH]c(C2CC2)c1S(N)(=O)=O. The Morgan fingerprint density at radius 2 is 2.00 bits per heavy atom. The summed E-state index contributed by atoms with van der Waals surface area (Å²) in [6.45, 7) is 5.84. The molecule has 1 saturated carbocycles. The highest BCUT2D eigenvalue weighted by Crippen LogP contribution is 2.42. The van der Waals surface area contributed by atoms with E-state index in [1.165, 1.54) is 0 Å². The Morgan fingerprint density at radius 1 is 1.43 bits per heavy atom. The fourth-order valence-corrected chi connectivity index (χ4v) is 3.12. The molecule has 1 fully saturated rings. The van der Waals surface area contributed by atoms with Gasteiger partial charge in [-0.15, -0.1) is 0 Å². The van der Waals surface area contributed by atoms with E-state index < -0.39 is 21.5 Å². The van der Waals surface area contributed by atoms with Gasteiger partial charge in [0.25, 0.3) is 5.91 Å². The first-order valence-electron chi connectivity index (χ1n) is 7.15. The Labute approximate surface area is 124 Å². The van der Waals surface area contributed by atoms with Crippen LogP contribution in [0.1, 0.15) is 68.6 Å². The van der Waals surface area contributed by atoms with E-state index in [0.29, 0.717) is 5.69 Å². The van der Waals surface area contributed by atoms with Gasteiger partial charge in [-0.1, -0.05) is 13.8 Å². The van der Waals surface area contributed by atoms with E-state index in [-0.39, 0.29) is 16.5 Å². The van der Waals surface area contributed by atoms with Crippen molar-refractivity contribution in [1.82, 2.24) is 15.5 Å². The summed E-state index contributed by atoms with van der Waals surface area (Å²) in [5.74, 6) is -0.399. The number of rotatable bonds is 6. The molecule has 1 aromatic heterocycles. The van der Waals surface area contributed by atoms with Crippen LogP contribution < -0.4 is 10.5 Å². The second-order valence-electron chi connectivity index (χ2n) is 5.86. The molecule has 7 nitrogen and oxygen atoms in total. The van der Waals surface area contributed by atoms with E-state index >= 15 is 0 Å². The summed E-state index contributed by atoms with van der Waals surface area (Å²) in [4.78, 5) is 12.2. The number of H-pyrrole nitrogens is 1. The van der Waals surface area contributed by atoms with Crippen LogP contribution in [0.3, 0.4) is 0 Å². The van der Waals surface area contributed by atoms with Crippen molar-refractivity contribution in [3.63, 3.8) is 0 Å². The van der Waals surface area contributed by atoms with E-state index in [4.69, 9.17) is 5.14 Å². The molecule has 0 unspecified atom stereocenters. The standard InChI is InChI=1S/C13H22N4O3S/c1-4-13(3,5-2)15-12(18)10-11(21(14,19)20)9(16-17-10)8-6-7-8/h8H,4-7H2,1-3H3,(H,15,18)(H,16,17)(H2,14,19,20). The molecule has 1 aliphatic rings. The highest BCUT2D eigenvalue weighted by Gasteiger charge is 2.36. The molecule has 1 amide bonds. The lowest BCUT2D eigenvalue weighted by molar-refractivity contribution is 0.0892. The lowest BCUT2D eigenvalue weighted by Gasteiger charge is -2.27. The monoisotopic (exact) mass is 314 g/mol. The summed E-state index contributed by atoms with van der Waals surface area (Å²) in [5, 5.41) is 14.7. The second-order valence-corrected chi connectivity index (χ2v) is 7.35. The second kappa shape index (κ2) is 5.42. The molecule has 21 heavy (non-hydrogen) atoms. The summed E-state index contributed by atoms with van der Waals surface area (Å²) in [5.41, 5.74) is -0.0735. The number of aromatic nitrogens is 2. The zero-order valence-corrected chi connectivity index (χ0v) is 13.4. The number of hydrogen-bond donors (Lipinski definition) is 3. The van der Waals surface area contributed by atoms with Gasteiger partial charge >= 0.3 is 0 Å². The first-order valence-corrected chi connectivity index (χ1v) is 8.70. The van der Waals surface area contributed by atoms with Crippen molar-refractivity contribution < 1.29 is 13.2 Å². The summed E-state index contributed by atoms with van der Waals surface area (Å²) in [7, 11) is -3.99. The minimum atomic E-state index is -3.99. The molecule has 0 radical (unpaired) electrons. The van der Waals surface area contributed by atoms with Gasteiger partial charge in [0.1, 0.15) is 4.90 Å². The summed E-state index contributed by atoms with van der Waals surface area (Å²) >= 11 is 0. The molecular weight excluding hydrogens is 292 g/mol. The summed E-state index contributed by atoms with van der Waals surface area (Å²) in [6.07, 6.45) is 3.24. The van der Waals surface area contributed by atoms with Crippen LogP contribution in [0.15, 0.2) is 4.90 Å². The van der Waals surface area contributed by atoms with E-state index in [2.05, 4.69) is 15.5 Å². The zero-order chi connectivity index (χ0) is 15.8. The van der Waals surface area contributed by atoms with Crippen molar-refractivity contribution in [2.45, 2.75) is 62.8 Å². The lowest BCUT2D eigenvalue weighted by Crippen LogP contribution is -2.45. The van der Waals surface area contributed by atoms with E-state index in [9.17, 15) is 13.2 Å². The van der Waals surface area contributed by atoms with Gasteiger partial charge < -0.3 is 5.32 Å². The maximum Gasteiger partial charge on any atom is 0.273 e. The van der Waals surface area contributed by atoms with Crippen LogP contribution in [-0.2, 0) is 10.0 Å². The Balaban J connectivity index is 2.38. The summed E-state index contributed by atoms with van der Waals surface area (Å²) in [6, 6.07) is 0. The highest BCUT2D eigenvalue weighted by molar-refractivity contribution is 7.89. The normalized spacial score (nSPS) is 16.0. The molecule has 4 N–H and O–H groups in total. The van der Waals surface area contributed by atoms with Gasteiger partial charge in [0.2, 0.25) is 10.0 Å². The van der Waals surface area contributed by atoms with Gasteiger partial charge in [0.05, 0.1) is 5.69 Å². The third kappa shape index (κ3) is 3.26. The van der Waals surface area contributed by atoms with Crippen molar-refractivity contribution in [3.05, 3.63) is 11.4 Å². The molecule has 0 saturated heterocycles. The number of nitrogens with one attached hydrogen (secondary N) is 2. The van der Waals surface area contributed by atoms with Gasteiger partial charge in [0.15, 0.2) is 5.69 Å². The first-order chi connectivity index (χ1) is 9.72. The third-order valence-corrected chi connectivity index (χ3v) is 5.19. The average molecular weight is 314 g/mol. The smallest absolute Gasteiger partial charge is 0.273 e. The van der Waals surface area contributed by atoms with Gasteiger partial charge in [-0.3, -0.25) is 9.89 Å². The summed E-state index contributed by atoms with van der Waals surface area (Å²) < 4.78 is 23.6. The van der Waals surface area contributed by atoms with Crippen LogP contribution in [0.4, 0.5) is 0 Å².